The van der Waals surface area contributed by atoms with Gasteiger partial charge in [-0.15, -0.1) is 0 Å². The fraction of sp³-hybridized carbons (Fsp3) is 0.400. The molecule has 0 atom stereocenters. The van der Waals surface area contributed by atoms with Crippen LogP contribution >= 0.6 is 23.2 Å². The fourth-order valence-corrected chi connectivity index (χ4v) is 4.72. The Labute approximate surface area is 182 Å². The minimum atomic E-state index is -3.48. The summed E-state index contributed by atoms with van der Waals surface area (Å²) in [5.74, 6) is 0.633. The zero-order chi connectivity index (χ0) is 20.9. The van der Waals surface area contributed by atoms with Crippen molar-refractivity contribution in [1.29, 1.82) is 0 Å². The second kappa shape index (κ2) is 10.1. The molecule has 0 unspecified atom stereocenters. The third kappa shape index (κ3) is 6.07. The van der Waals surface area contributed by atoms with E-state index >= 15 is 0 Å². The van der Waals surface area contributed by atoms with Gasteiger partial charge in [-0.05, 0) is 49.0 Å². The lowest BCUT2D eigenvalue weighted by molar-refractivity contribution is 0.0730. The van der Waals surface area contributed by atoms with Crippen LogP contribution in [0.2, 0.25) is 10.0 Å². The Balaban J connectivity index is 1.49. The normalized spacial score (nSPS) is 15.6. The summed E-state index contributed by atoms with van der Waals surface area (Å²) in [4.78, 5) is 2.38. The Morgan fingerprint density at radius 3 is 2.41 bits per heavy atom. The van der Waals surface area contributed by atoms with Gasteiger partial charge in [-0.3, -0.25) is 4.90 Å². The number of benzene rings is 2. The lowest BCUT2D eigenvalue weighted by Gasteiger charge is -2.26. The summed E-state index contributed by atoms with van der Waals surface area (Å²) in [5.41, 5.74) is 1.07. The molecule has 1 heterocycles. The fourth-order valence-electron chi connectivity index (χ4n) is 2.99. The second-order valence-electron chi connectivity index (χ2n) is 6.82. The van der Waals surface area contributed by atoms with Crippen LogP contribution in [-0.4, -0.2) is 64.1 Å². The van der Waals surface area contributed by atoms with Crippen LogP contribution in [-0.2, 0) is 21.3 Å². The molecule has 0 radical (unpaired) electrons. The second-order valence-corrected chi connectivity index (χ2v) is 9.57. The Morgan fingerprint density at radius 1 is 1.07 bits per heavy atom. The topological polar surface area (TPSA) is 59.1 Å². The van der Waals surface area contributed by atoms with E-state index in [9.17, 15) is 8.42 Å². The van der Waals surface area contributed by atoms with Crippen LogP contribution in [0.4, 0.5) is 0 Å². The van der Waals surface area contributed by atoms with Crippen LogP contribution in [0, 0.1) is 0 Å². The number of morpholine rings is 1. The van der Waals surface area contributed by atoms with Gasteiger partial charge in [-0.1, -0.05) is 29.3 Å². The van der Waals surface area contributed by atoms with E-state index < -0.39 is 10.0 Å². The molecule has 1 fully saturated rings. The summed E-state index contributed by atoms with van der Waals surface area (Å²) < 4.78 is 37.7. The molecule has 1 aliphatic rings. The van der Waals surface area contributed by atoms with Gasteiger partial charge in [0, 0.05) is 26.2 Å². The third-order valence-electron chi connectivity index (χ3n) is 4.61. The molecule has 3 rings (SSSR count). The third-order valence-corrected chi connectivity index (χ3v) is 7.26. The van der Waals surface area contributed by atoms with Crippen LogP contribution in [0.5, 0.6) is 5.75 Å². The van der Waals surface area contributed by atoms with Crippen molar-refractivity contribution in [2.45, 2.75) is 11.4 Å². The molecule has 9 heteroatoms. The molecule has 0 saturated carbocycles. The van der Waals surface area contributed by atoms with Crippen LogP contribution in [0.25, 0.3) is 0 Å². The summed E-state index contributed by atoms with van der Waals surface area (Å²) in [6, 6.07) is 12.1. The van der Waals surface area contributed by atoms with Gasteiger partial charge in [0.25, 0.3) is 0 Å². The number of nitrogens with zero attached hydrogens (tertiary/aromatic N) is 2. The molecule has 6 nitrogen and oxygen atoms in total. The standard InChI is InChI=1S/C20H24Cl2N2O4S/c1-23(15-16-2-7-19(21)20(22)14-16)8-13-28-17-3-5-18(6-4-17)29(25,26)24-9-11-27-12-10-24/h2-7,14H,8-13,15H2,1H3. The van der Waals surface area contributed by atoms with Crippen molar-refractivity contribution in [3.63, 3.8) is 0 Å². The van der Waals surface area contributed by atoms with E-state index in [1.54, 1.807) is 30.3 Å². The molecule has 0 aliphatic carbocycles. The van der Waals surface area contributed by atoms with E-state index in [1.165, 1.54) is 4.31 Å². The van der Waals surface area contributed by atoms with E-state index in [0.717, 1.165) is 12.1 Å². The molecule has 1 aliphatic heterocycles. The first-order valence-electron chi connectivity index (χ1n) is 9.29. The smallest absolute Gasteiger partial charge is 0.243 e. The van der Waals surface area contributed by atoms with Gasteiger partial charge in [0.2, 0.25) is 10.0 Å². The van der Waals surface area contributed by atoms with E-state index in [-0.39, 0.29) is 4.90 Å². The average Bonchev–Trinajstić information content (AvgIpc) is 2.72. The maximum Gasteiger partial charge on any atom is 0.243 e. The van der Waals surface area contributed by atoms with Crippen LogP contribution in [0.3, 0.4) is 0 Å². The van der Waals surface area contributed by atoms with Crippen LogP contribution in [0.1, 0.15) is 5.56 Å². The van der Waals surface area contributed by atoms with Crippen molar-refractivity contribution in [2.24, 2.45) is 0 Å². The number of likely N-dealkylation sites (N-methyl/N-ethyl adjacent to an activating group) is 1. The highest BCUT2D eigenvalue weighted by Crippen LogP contribution is 2.23. The summed E-state index contributed by atoms with van der Waals surface area (Å²) in [7, 11) is -1.49. The van der Waals surface area contributed by atoms with Crippen molar-refractivity contribution in [3.8, 4) is 5.75 Å². The van der Waals surface area contributed by atoms with Crippen molar-refractivity contribution in [1.82, 2.24) is 9.21 Å². The maximum absolute atomic E-state index is 12.6. The van der Waals surface area contributed by atoms with Gasteiger partial charge in [-0.25, -0.2) is 8.42 Å². The molecule has 0 bridgehead atoms. The predicted octanol–water partition coefficient (Wildman–Crippen LogP) is 3.53. The minimum absolute atomic E-state index is 0.267. The molecular formula is C20H24Cl2N2O4S. The van der Waals surface area contributed by atoms with Crippen molar-refractivity contribution in [2.75, 3.05) is 46.5 Å². The van der Waals surface area contributed by atoms with Gasteiger partial charge in [0.05, 0.1) is 28.2 Å². The molecule has 29 heavy (non-hydrogen) atoms. The lowest BCUT2D eigenvalue weighted by Crippen LogP contribution is -2.40. The Bertz CT molecular complexity index is 917. The van der Waals surface area contributed by atoms with Crippen LogP contribution < -0.4 is 4.74 Å². The molecule has 2 aromatic rings. The zero-order valence-electron chi connectivity index (χ0n) is 16.2. The molecule has 0 amide bonds. The molecule has 0 spiro atoms. The number of hydrogen-bond acceptors (Lipinski definition) is 5. The first-order chi connectivity index (χ1) is 13.9. The Morgan fingerprint density at radius 2 is 1.76 bits per heavy atom. The largest absolute Gasteiger partial charge is 0.492 e. The van der Waals surface area contributed by atoms with Gasteiger partial charge in [0.15, 0.2) is 0 Å². The molecule has 158 valence electrons. The number of halogens is 2. The summed E-state index contributed by atoms with van der Waals surface area (Å²) >= 11 is 12.0. The lowest BCUT2D eigenvalue weighted by atomic mass is 10.2. The van der Waals surface area contributed by atoms with Crippen LogP contribution in [0.15, 0.2) is 47.4 Å². The minimum Gasteiger partial charge on any atom is -0.492 e. The Hall–Kier alpha value is -1.35. The van der Waals surface area contributed by atoms with Gasteiger partial charge in [0.1, 0.15) is 12.4 Å². The van der Waals surface area contributed by atoms with Crippen molar-refractivity contribution in [3.05, 3.63) is 58.1 Å². The molecule has 2 aromatic carbocycles. The first-order valence-corrected chi connectivity index (χ1v) is 11.5. The average molecular weight is 459 g/mol. The Kier molecular flexibility index (Phi) is 7.79. The SMILES string of the molecule is CN(CCOc1ccc(S(=O)(=O)N2CCOCC2)cc1)Cc1ccc(Cl)c(Cl)c1. The number of hydrogen-bond donors (Lipinski definition) is 0. The summed E-state index contributed by atoms with van der Waals surface area (Å²) in [5, 5.41) is 1.08. The van der Waals surface area contributed by atoms with Gasteiger partial charge in [-0.2, -0.15) is 4.31 Å². The van der Waals surface area contributed by atoms with Crippen molar-refractivity contribution >= 4 is 33.2 Å². The van der Waals surface area contributed by atoms with Gasteiger partial charge >= 0.3 is 0 Å². The highest BCUT2D eigenvalue weighted by Gasteiger charge is 2.26. The predicted molar refractivity (Wildman–Crippen MR) is 114 cm³/mol. The highest BCUT2D eigenvalue weighted by molar-refractivity contribution is 7.89. The monoisotopic (exact) mass is 458 g/mol. The first kappa shape index (κ1) is 22.3. The highest BCUT2D eigenvalue weighted by atomic mass is 35.5. The van der Waals surface area contributed by atoms with E-state index in [1.807, 2.05) is 19.2 Å². The quantitative estimate of drug-likeness (QED) is 0.605. The van der Waals surface area contributed by atoms with E-state index in [0.29, 0.717) is 55.2 Å². The molecule has 0 N–H and O–H groups in total. The maximum atomic E-state index is 12.6. The summed E-state index contributed by atoms with van der Waals surface area (Å²) in [6.45, 7) is 3.52. The number of sulfonamides is 1. The summed E-state index contributed by atoms with van der Waals surface area (Å²) in [6.07, 6.45) is 0. The zero-order valence-corrected chi connectivity index (χ0v) is 18.5. The number of ether oxygens (including phenoxy) is 2. The van der Waals surface area contributed by atoms with Crippen molar-refractivity contribution < 1.29 is 17.9 Å². The molecule has 0 aromatic heterocycles. The van der Waals surface area contributed by atoms with E-state index in [4.69, 9.17) is 32.7 Å². The van der Waals surface area contributed by atoms with Gasteiger partial charge < -0.3 is 9.47 Å². The number of rotatable bonds is 8. The molecular weight excluding hydrogens is 435 g/mol. The molecule has 1 saturated heterocycles. The van der Waals surface area contributed by atoms with E-state index in [2.05, 4.69) is 4.90 Å².